The van der Waals surface area contributed by atoms with Gasteiger partial charge in [-0.05, 0) is 32.1 Å². The van der Waals surface area contributed by atoms with Gasteiger partial charge in [0.1, 0.15) is 16.8 Å². The van der Waals surface area contributed by atoms with Crippen LogP contribution in [0.5, 0.6) is 0 Å². The highest BCUT2D eigenvalue weighted by atomic mass is 35.5. The molecule has 1 saturated carbocycles. The molecule has 0 spiro atoms. The molecule has 0 saturated heterocycles. The van der Waals surface area contributed by atoms with Crippen molar-refractivity contribution in [3.8, 4) is 0 Å². The van der Waals surface area contributed by atoms with Crippen LogP contribution in [0.3, 0.4) is 0 Å². The molecule has 4 heteroatoms. The molecule has 2 unspecified atom stereocenters. The number of aromatic nitrogens is 2. The largest absolute Gasteiger partial charge is 0.369 e. The number of halogens is 1. The zero-order valence-electron chi connectivity index (χ0n) is 9.34. The highest BCUT2D eigenvalue weighted by molar-refractivity contribution is 6.30. The summed E-state index contributed by atoms with van der Waals surface area (Å²) < 4.78 is 0. The van der Waals surface area contributed by atoms with Crippen molar-refractivity contribution >= 4 is 17.4 Å². The van der Waals surface area contributed by atoms with Gasteiger partial charge in [0.05, 0.1) is 0 Å². The lowest BCUT2D eigenvalue weighted by Crippen LogP contribution is -2.09. The summed E-state index contributed by atoms with van der Waals surface area (Å²) >= 11 is 5.99. The fraction of sp³-hybridized carbons (Fsp3) is 0.636. The van der Waals surface area contributed by atoms with E-state index in [1.165, 1.54) is 6.42 Å². The maximum absolute atomic E-state index is 5.99. The van der Waals surface area contributed by atoms with Crippen molar-refractivity contribution in [3.63, 3.8) is 0 Å². The third-order valence-electron chi connectivity index (χ3n) is 3.01. The fourth-order valence-electron chi connectivity index (χ4n) is 1.68. The van der Waals surface area contributed by atoms with Crippen molar-refractivity contribution in [2.24, 2.45) is 11.8 Å². The molecule has 0 aliphatic heterocycles. The number of rotatable bonds is 3. The van der Waals surface area contributed by atoms with E-state index in [1.54, 1.807) is 0 Å². The summed E-state index contributed by atoms with van der Waals surface area (Å²) in [5, 5.41) is 3.90. The highest BCUT2D eigenvalue weighted by Gasteiger charge is 2.32. The van der Waals surface area contributed by atoms with E-state index in [1.807, 2.05) is 13.8 Å². The monoisotopic (exact) mass is 225 g/mol. The van der Waals surface area contributed by atoms with Crippen molar-refractivity contribution < 1.29 is 0 Å². The average molecular weight is 226 g/mol. The van der Waals surface area contributed by atoms with E-state index in [0.717, 1.165) is 35.6 Å². The van der Waals surface area contributed by atoms with Crippen molar-refractivity contribution in [2.45, 2.75) is 27.2 Å². The molecular formula is C11H16ClN3. The summed E-state index contributed by atoms with van der Waals surface area (Å²) in [6, 6.07) is 0. The molecule has 1 heterocycles. The highest BCUT2D eigenvalue weighted by Crippen LogP contribution is 2.37. The molecule has 1 fully saturated rings. The summed E-state index contributed by atoms with van der Waals surface area (Å²) in [5.74, 6) is 3.26. The third kappa shape index (κ3) is 2.40. The number of nitrogens with zero attached hydrogens (tertiary/aromatic N) is 2. The first-order valence-corrected chi connectivity index (χ1v) is 5.70. The van der Waals surface area contributed by atoms with Gasteiger partial charge < -0.3 is 5.32 Å². The fourth-order valence-corrected chi connectivity index (χ4v) is 1.89. The van der Waals surface area contributed by atoms with Crippen LogP contribution in [0.25, 0.3) is 0 Å². The van der Waals surface area contributed by atoms with Crippen LogP contribution >= 0.6 is 11.6 Å². The maximum atomic E-state index is 5.99. The molecule has 1 aromatic heterocycles. The second-order valence-corrected chi connectivity index (χ2v) is 4.75. The molecule has 1 aliphatic rings. The van der Waals surface area contributed by atoms with Crippen LogP contribution in [0.4, 0.5) is 5.82 Å². The predicted octanol–water partition coefficient (Wildman–Crippen LogP) is 2.81. The Morgan fingerprint density at radius 1 is 1.40 bits per heavy atom. The standard InChI is InChI=1S/C11H16ClN3/c1-6-4-9(6)5-13-11-7(2)10(12)14-8(3)15-11/h6,9H,4-5H2,1-3H3,(H,13,14,15). The van der Waals surface area contributed by atoms with Gasteiger partial charge in [-0.3, -0.25) is 0 Å². The SMILES string of the molecule is Cc1nc(Cl)c(C)c(NCC2CC2C)n1. The van der Waals surface area contributed by atoms with Crippen LogP contribution in [0.1, 0.15) is 24.7 Å². The zero-order chi connectivity index (χ0) is 11.0. The van der Waals surface area contributed by atoms with E-state index < -0.39 is 0 Å². The Morgan fingerprint density at radius 2 is 2.07 bits per heavy atom. The Balaban J connectivity index is 2.06. The third-order valence-corrected chi connectivity index (χ3v) is 3.37. The summed E-state index contributed by atoms with van der Waals surface area (Å²) in [6.45, 7) is 7.07. The lowest BCUT2D eigenvalue weighted by Gasteiger charge is -2.09. The van der Waals surface area contributed by atoms with Gasteiger partial charge in [-0.2, -0.15) is 0 Å². The first-order valence-electron chi connectivity index (χ1n) is 5.32. The molecule has 3 nitrogen and oxygen atoms in total. The Bertz CT molecular complexity index is 378. The van der Waals surface area contributed by atoms with Gasteiger partial charge in [-0.1, -0.05) is 18.5 Å². The quantitative estimate of drug-likeness (QED) is 0.804. The Morgan fingerprint density at radius 3 is 2.67 bits per heavy atom. The molecule has 82 valence electrons. The summed E-state index contributed by atoms with van der Waals surface area (Å²) in [7, 11) is 0. The molecule has 0 amide bonds. The Hall–Kier alpha value is -0.830. The number of hydrogen-bond donors (Lipinski definition) is 1. The minimum atomic E-state index is 0.550. The van der Waals surface area contributed by atoms with Crippen LogP contribution < -0.4 is 5.32 Å². The molecule has 0 bridgehead atoms. The lowest BCUT2D eigenvalue weighted by molar-refractivity contribution is 0.782. The van der Waals surface area contributed by atoms with E-state index in [-0.39, 0.29) is 0 Å². The van der Waals surface area contributed by atoms with Gasteiger partial charge in [0.25, 0.3) is 0 Å². The Labute approximate surface area is 95.3 Å². The maximum Gasteiger partial charge on any atom is 0.137 e. The number of anilines is 1. The molecule has 1 aromatic rings. The first kappa shape index (κ1) is 10.7. The molecule has 0 aromatic carbocycles. The molecule has 0 radical (unpaired) electrons. The van der Waals surface area contributed by atoms with Gasteiger partial charge in [-0.25, -0.2) is 9.97 Å². The predicted molar refractivity (Wildman–Crippen MR) is 62.3 cm³/mol. The molecule has 2 atom stereocenters. The molecular weight excluding hydrogens is 210 g/mol. The smallest absolute Gasteiger partial charge is 0.137 e. The topological polar surface area (TPSA) is 37.8 Å². The second kappa shape index (κ2) is 3.97. The summed E-state index contributed by atoms with van der Waals surface area (Å²) in [6.07, 6.45) is 1.32. The van der Waals surface area contributed by atoms with Crippen LogP contribution in [0, 0.1) is 25.7 Å². The van der Waals surface area contributed by atoms with Gasteiger partial charge in [0.2, 0.25) is 0 Å². The second-order valence-electron chi connectivity index (χ2n) is 4.39. The van der Waals surface area contributed by atoms with Crippen molar-refractivity contribution in [1.29, 1.82) is 0 Å². The molecule has 2 rings (SSSR count). The molecule has 1 N–H and O–H groups in total. The van der Waals surface area contributed by atoms with Gasteiger partial charge >= 0.3 is 0 Å². The Kier molecular flexibility index (Phi) is 2.83. The van der Waals surface area contributed by atoms with Crippen LogP contribution in [0.2, 0.25) is 5.15 Å². The number of hydrogen-bond acceptors (Lipinski definition) is 3. The summed E-state index contributed by atoms with van der Waals surface area (Å²) in [4.78, 5) is 8.46. The minimum absolute atomic E-state index is 0.550. The van der Waals surface area contributed by atoms with E-state index in [4.69, 9.17) is 11.6 Å². The number of nitrogens with one attached hydrogen (secondary N) is 1. The van der Waals surface area contributed by atoms with Crippen LogP contribution in [-0.4, -0.2) is 16.5 Å². The van der Waals surface area contributed by atoms with E-state index in [0.29, 0.717) is 5.15 Å². The summed E-state index contributed by atoms with van der Waals surface area (Å²) in [5.41, 5.74) is 0.940. The molecule has 1 aliphatic carbocycles. The van der Waals surface area contributed by atoms with Crippen molar-refractivity contribution in [2.75, 3.05) is 11.9 Å². The normalized spacial score (nSPS) is 24.0. The van der Waals surface area contributed by atoms with Crippen LogP contribution in [-0.2, 0) is 0 Å². The zero-order valence-corrected chi connectivity index (χ0v) is 10.1. The van der Waals surface area contributed by atoms with E-state index >= 15 is 0 Å². The van der Waals surface area contributed by atoms with E-state index in [2.05, 4.69) is 22.2 Å². The van der Waals surface area contributed by atoms with Crippen molar-refractivity contribution in [1.82, 2.24) is 9.97 Å². The lowest BCUT2D eigenvalue weighted by atomic mass is 10.3. The van der Waals surface area contributed by atoms with Crippen LogP contribution in [0.15, 0.2) is 0 Å². The minimum Gasteiger partial charge on any atom is -0.369 e. The average Bonchev–Trinajstić information content (AvgIpc) is 2.86. The number of aryl methyl sites for hydroxylation is 1. The first-order chi connectivity index (χ1) is 7.08. The van der Waals surface area contributed by atoms with E-state index in [9.17, 15) is 0 Å². The van der Waals surface area contributed by atoms with Crippen molar-refractivity contribution in [3.05, 3.63) is 16.5 Å². The molecule has 15 heavy (non-hydrogen) atoms. The van der Waals surface area contributed by atoms with Gasteiger partial charge in [0, 0.05) is 12.1 Å². The van der Waals surface area contributed by atoms with Gasteiger partial charge in [0.15, 0.2) is 0 Å². The van der Waals surface area contributed by atoms with Gasteiger partial charge in [-0.15, -0.1) is 0 Å².